The molecule has 0 radical (unpaired) electrons. The third-order valence-corrected chi connectivity index (χ3v) is 4.94. The van der Waals surface area contributed by atoms with Crippen LogP contribution in [-0.4, -0.2) is 17.8 Å². The van der Waals surface area contributed by atoms with Crippen molar-refractivity contribution in [1.82, 2.24) is 5.32 Å². The summed E-state index contributed by atoms with van der Waals surface area (Å²) in [4.78, 5) is 38.3. The molecular weight excluding hydrogens is 435 g/mol. The molecule has 160 valence electrons. The van der Waals surface area contributed by atoms with Gasteiger partial charge in [0.05, 0.1) is 5.69 Å². The molecule has 8 heteroatoms. The van der Waals surface area contributed by atoms with Crippen LogP contribution >= 0.6 is 11.6 Å². The van der Waals surface area contributed by atoms with Crippen LogP contribution in [0.15, 0.2) is 78.4 Å². The number of para-hydroxylation sites is 1. The Morgan fingerprint density at radius 2 is 1.69 bits per heavy atom. The number of imide groups is 2. The van der Waals surface area contributed by atoms with Gasteiger partial charge in [0.25, 0.3) is 11.8 Å². The number of amides is 4. The minimum Gasteiger partial charge on any atom is -0.488 e. The van der Waals surface area contributed by atoms with Crippen LogP contribution in [0.25, 0.3) is 6.08 Å². The molecule has 0 atom stereocenters. The van der Waals surface area contributed by atoms with Crippen molar-refractivity contribution in [1.29, 1.82) is 0 Å². The highest BCUT2D eigenvalue weighted by Gasteiger charge is 2.38. The van der Waals surface area contributed by atoms with Crippen LogP contribution < -0.4 is 15.0 Å². The summed E-state index contributed by atoms with van der Waals surface area (Å²) in [5.41, 5.74) is 0.651. The Kier molecular flexibility index (Phi) is 6.00. The number of ether oxygens (including phenoxy) is 1. The normalized spacial score (nSPS) is 15.1. The molecule has 0 unspecified atom stereocenters. The third kappa shape index (κ3) is 4.38. The highest BCUT2D eigenvalue weighted by Crippen LogP contribution is 2.29. The summed E-state index contributed by atoms with van der Waals surface area (Å²) < 4.78 is 20.1. The number of anilines is 1. The second-order valence-corrected chi connectivity index (χ2v) is 7.30. The van der Waals surface area contributed by atoms with Gasteiger partial charge in [-0.1, -0.05) is 54.1 Å². The van der Waals surface area contributed by atoms with E-state index in [1.165, 1.54) is 30.3 Å². The lowest BCUT2D eigenvalue weighted by atomic mass is 10.1. The minimum atomic E-state index is -1.03. The van der Waals surface area contributed by atoms with Crippen molar-refractivity contribution in [2.24, 2.45) is 0 Å². The quantitative estimate of drug-likeness (QED) is 0.450. The highest BCUT2D eigenvalue weighted by atomic mass is 35.5. The van der Waals surface area contributed by atoms with Crippen molar-refractivity contribution in [2.45, 2.75) is 6.61 Å². The molecule has 3 aromatic carbocycles. The van der Waals surface area contributed by atoms with Crippen molar-refractivity contribution in [2.75, 3.05) is 4.90 Å². The van der Waals surface area contributed by atoms with Gasteiger partial charge in [0.2, 0.25) is 0 Å². The summed E-state index contributed by atoms with van der Waals surface area (Å²) >= 11 is 6.11. The fraction of sp³-hybridized carbons (Fsp3) is 0.0417. The van der Waals surface area contributed by atoms with Gasteiger partial charge in [-0.15, -0.1) is 0 Å². The van der Waals surface area contributed by atoms with Crippen LogP contribution in [0.4, 0.5) is 14.9 Å². The average Bonchev–Trinajstić information content (AvgIpc) is 2.78. The van der Waals surface area contributed by atoms with Gasteiger partial charge in [-0.25, -0.2) is 14.1 Å². The zero-order valence-electron chi connectivity index (χ0n) is 16.5. The zero-order valence-corrected chi connectivity index (χ0v) is 17.3. The van der Waals surface area contributed by atoms with Gasteiger partial charge in [-0.2, -0.15) is 0 Å². The Balaban J connectivity index is 1.69. The highest BCUT2D eigenvalue weighted by molar-refractivity contribution is 6.39. The average molecular weight is 451 g/mol. The van der Waals surface area contributed by atoms with E-state index < -0.39 is 23.7 Å². The van der Waals surface area contributed by atoms with Crippen molar-refractivity contribution in [3.63, 3.8) is 0 Å². The molecule has 6 nitrogen and oxygen atoms in total. The van der Waals surface area contributed by atoms with E-state index in [-0.39, 0.29) is 17.9 Å². The Bertz CT molecular complexity index is 1240. The molecule has 4 amide bonds. The van der Waals surface area contributed by atoms with Crippen molar-refractivity contribution < 1.29 is 23.5 Å². The first-order valence-corrected chi connectivity index (χ1v) is 9.94. The van der Waals surface area contributed by atoms with E-state index in [4.69, 9.17) is 16.3 Å². The molecule has 1 saturated heterocycles. The van der Waals surface area contributed by atoms with Crippen LogP contribution in [-0.2, 0) is 16.2 Å². The Hall–Kier alpha value is -3.97. The van der Waals surface area contributed by atoms with Crippen molar-refractivity contribution in [3.05, 3.63) is 100 Å². The van der Waals surface area contributed by atoms with Crippen LogP contribution in [0.2, 0.25) is 5.02 Å². The van der Waals surface area contributed by atoms with Crippen molar-refractivity contribution >= 4 is 41.2 Å². The molecule has 1 aliphatic rings. The van der Waals surface area contributed by atoms with E-state index in [9.17, 15) is 18.8 Å². The fourth-order valence-corrected chi connectivity index (χ4v) is 3.34. The van der Waals surface area contributed by atoms with Crippen molar-refractivity contribution in [3.8, 4) is 5.75 Å². The predicted octanol–water partition coefficient (Wildman–Crippen LogP) is 4.72. The van der Waals surface area contributed by atoms with Gasteiger partial charge in [0.15, 0.2) is 0 Å². The molecule has 0 saturated carbocycles. The number of barbiturate groups is 1. The Labute approximate surface area is 187 Å². The summed E-state index contributed by atoms with van der Waals surface area (Å²) in [6.07, 6.45) is 1.27. The molecule has 0 bridgehead atoms. The lowest BCUT2D eigenvalue weighted by Gasteiger charge is -2.26. The van der Waals surface area contributed by atoms with Crippen LogP contribution in [0.1, 0.15) is 11.1 Å². The first kappa shape index (κ1) is 21.3. The molecule has 4 rings (SSSR count). The van der Waals surface area contributed by atoms with Gasteiger partial charge in [0.1, 0.15) is 23.7 Å². The molecule has 0 aromatic heterocycles. The molecule has 32 heavy (non-hydrogen) atoms. The van der Waals surface area contributed by atoms with Crippen LogP contribution in [0, 0.1) is 5.82 Å². The van der Waals surface area contributed by atoms with E-state index >= 15 is 0 Å². The lowest BCUT2D eigenvalue weighted by molar-refractivity contribution is -0.122. The SMILES string of the molecule is O=C1NC(=O)N(c2ccccc2F)C(=O)/C1=C\c1cc(Cl)ccc1OCc1ccccc1. The van der Waals surface area contributed by atoms with Crippen LogP contribution in [0.5, 0.6) is 5.75 Å². The molecule has 1 heterocycles. The number of carbonyl (C=O) groups excluding carboxylic acids is 3. The van der Waals surface area contributed by atoms with E-state index in [2.05, 4.69) is 5.32 Å². The van der Waals surface area contributed by atoms with Gasteiger partial charge in [-0.3, -0.25) is 14.9 Å². The maximum atomic E-state index is 14.2. The van der Waals surface area contributed by atoms with E-state index in [0.29, 0.717) is 21.2 Å². The van der Waals surface area contributed by atoms with E-state index in [1.807, 2.05) is 30.3 Å². The van der Waals surface area contributed by atoms with E-state index in [0.717, 1.165) is 11.6 Å². The molecule has 1 N–H and O–H groups in total. The Morgan fingerprint density at radius 3 is 2.44 bits per heavy atom. The number of hydrogen-bond donors (Lipinski definition) is 1. The van der Waals surface area contributed by atoms with Gasteiger partial charge < -0.3 is 4.74 Å². The summed E-state index contributed by atoms with van der Waals surface area (Å²) in [6.45, 7) is 0.249. The topological polar surface area (TPSA) is 75.7 Å². The maximum absolute atomic E-state index is 14.2. The summed E-state index contributed by atoms with van der Waals surface area (Å²) in [7, 11) is 0. The molecule has 1 aliphatic heterocycles. The fourth-order valence-electron chi connectivity index (χ4n) is 3.16. The van der Waals surface area contributed by atoms with Crippen LogP contribution in [0.3, 0.4) is 0 Å². The molecule has 0 aliphatic carbocycles. The number of hydrogen-bond acceptors (Lipinski definition) is 4. The monoisotopic (exact) mass is 450 g/mol. The minimum absolute atomic E-state index is 0.249. The maximum Gasteiger partial charge on any atom is 0.336 e. The standard InChI is InChI=1S/C24H16ClFN2O4/c25-17-10-11-21(32-14-15-6-2-1-3-7-15)16(12-17)13-18-22(29)27-24(31)28(23(18)30)20-9-5-4-8-19(20)26/h1-13H,14H2,(H,27,29,31)/b18-13-. The number of benzene rings is 3. The number of urea groups is 1. The first-order valence-electron chi connectivity index (χ1n) is 9.56. The van der Waals surface area contributed by atoms with E-state index in [1.54, 1.807) is 12.1 Å². The number of rotatable bonds is 5. The second-order valence-electron chi connectivity index (χ2n) is 6.87. The largest absolute Gasteiger partial charge is 0.488 e. The number of carbonyl (C=O) groups is 3. The Morgan fingerprint density at radius 1 is 0.969 bits per heavy atom. The molecule has 3 aromatic rings. The molecule has 0 spiro atoms. The lowest BCUT2D eigenvalue weighted by Crippen LogP contribution is -2.54. The predicted molar refractivity (Wildman–Crippen MR) is 118 cm³/mol. The zero-order chi connectivity index (χ0) is 22.7. The first-order chi connectivity index (χ1) is 15.4. The van der Waals surface area contributed by atoms with Gasteiger partial charge >= 0.3 is 6.03 Å². The number of nitrogens with one attached hydrogen (secondary N) is 1. The smallest absolute Gasteiger partial charge is 0.336 e. The summed E-state index contributed by atoms with van der Waals surface area (Å²) in [5, 5.41) is 2.42. The van der Waals surface area contributed by atoms with Gasteiger partial charge in [0, 0.05) is 10.6 Å². The molecular formula is C24H16ClFN2O4. The molecule has 1 fully saturated rings. The third-order valence-electron chi connectivity index (χ3n) is 4.70. The number of halogens is 2. The second kappa shape index (κ2) is 9.03. The summed E-state index contributed by atoms with van der Waals surface area (Å²) in [5.74, 6) is -2.26. The van der Waals surface area contributed by atoms with Gasteiger partial charge in [-0.05, 0) is 42.0 Å². The summed E-state index contributed by atoms with van der Waals surface area (Å²) in [6, 6.07) is 18.4. The number of nitrogens with zero attached hydrogens (tertiary/aromatic N) is 1.